The van der Waals surface area contributed by atoms with Gasteiger partial charge in [0, 0.05) is 48.5 Å². The lowest BCUT2D eigenvalue weighted by atomic mass is 10.0. The standard InChI is InChI=1S/C22H20Cl2N4O4/c1-32-7-6-26-21(30)12-8-15(23)17(16(24)9-12)19(29)14-10-27-18-13(14)4-5-25-20(18)28-22(31)11-2-3-11/h4-5,8-11,27H,2-3,6-7H2,1H3,(H,26,30)(H,25,28,31). The molecule has 0 bridgehead atoms. The Morgan fingerprint density at radius 1 is 1.22 bits per heavy atom. The predicted octanol–water partition coefficient (Wildman–Crippen LogP) is 3.83. The fourth-order valence-corrected chi connectivity index (χ4v) is 3.98. The van der Waals surface area contributed by atoms with E-state index in [-0.39, 0.29) is 38.9 Å². The van der Waals surface area contributed by atoms with Crippen LogP contribution >= 0.6 is 23.2 Å². The number of carbonyl (C=O) groups excluding carboxylic acids is 3. The number of benzene rings is 1. The van der Waals surface area contributed by atoms with E-state index in [0.717, 1.165) is 12.8 Å². The van der Waals surface area contributed by atoms with Gasteiger partial charge in [0.15, 0.2) is 11.6 Å². The Balaban J connectivity index is 1.63. The molecule has 0 unspecified atom stereocenters. The number of nitrogens with one attached hydrogen (secondary N) is 3. The number of anilines is 1. The average Bonchev–Trinajstić information content (AvgIpc) is 3.52. The minimum Gasteiger partial charge on any atom is -0.383 e. The van der Waals surface area contributed by atoms with Gasteiger partial charge < -0.3 is 20.4 Å². The van der Waals surface area contributed by atoms with Crippen LogP contribution < -0.4 is 10.6 Å². The number of hydrogen-bond donors (Lipinski definition) is 3. The van der Waals surface area contributed by atoms with Gasteiger partial charge in [0.05, 0.1) is 27.7 Å². The first-order valence-electron chi connectivity index (χ1n) is 9.98. The van der Waals surface area contributed by atoms with Crippen LogP contribution in [0, 0.1) is 5.92 Å². The normalized spacial score (nSPS) is 13.2. The molecule has 8 nitrogen and oxygen atoms in total. The van der Waals surface area contributed by atoms with Gasteiger partial charge in [-0.3, -0.25) is 14.4 Å². The number of hydrogen-bond acceptors (Lipinski definition) is 5. The highest BCUT2D eigenvalue weighted by molar-refractivity contribution is 6.42. The van der Waals surface area contributed by atoms with Crippen LogP contribution in [0.1, 0.15) is 39.1 Å². The van der Waals surface area contributed by atoms with Gasteiger partial charge in [-0.1, -0.05) is 23.2 Å². The monoisotopic (exact) mass is 474 g/mol. The van der Waals surface area contributed by atoms with E-state index in [1.54, 1.807) is 6.07 Å². The first-order chi connectivity index (χ1) is 15.4. The highest BCUT2D eigenvalue weighted by atomic mass is 35.5. The number of H-pyrrole nitrogens is 1. The van der Waals surface area contributed by atoms with E-state index in [2.05, 4.69) is 20.6 Å². The molecule has 0 radical (unpaired) electrons. The van der Waals surface area contributed by atoms with Gasteiger partial charge in [-0.2, -0.15) is 0 Å². The van der Waals surface area contributed by atoms with Crippen molar-refractivity contribution in [3.8, 4) is 0 Å². The molecule has 1 saturated carbocycles. The van der Waals surface area contributed by atoms with E-state index in [4.69, 9.17) is 27.9 Å². The zero-order valence-electron chi connectivity index (χ0n) is 17.1. The molecule has 2 heterocycles. The van der Waals surface area contributed by atoms with Crippen molar-refractivity contribution in [3.63, 3.8) is 0 Å². The van der Waals surface area contributed by atoms with Crippen molar-refractivity contribution in [2.75, 3.05) is 25.6 Å². The minimum atomic E-state index is -0.414. The van der Waals surface area contributed by atoms with E-state index in [1.165, 1.54) is 31.6 Å². The van der Waals surface area contributed by atoms with Crippen LogP contribution in [0.5, 0.6) is 0 Å². The summed E-state index contributed by atoms with van der Waals surface area (Å²) in [6, 6.07) is 4.48. The average molecular weight is 475 g/mol. The predicted molar refractivity (Wildman–Crippen MR) is 122 cm³/mol. The second-order valence-corrected chi connectivity index (χ2v) is 8.26. The van der Waals surface area contributed by atoms with Crippen molar-refractivity contribution in [2.45, 2.75) is 12.8 Å². The van der Waals surface area contributed by atoms with Gasteiger partial charge in [0.25, 0.3) is 5.91 Å². The first-order valence-corrected chi connectivity index (χ1v) is 10.7. The fraction of sp³-hybridized carbons (Fsp3) is 0.273. The van der Waals surface area contributed by atoms with Gasteiger partial charge in [-0.15, -0.1) is 0 Å². The third kappa shape index (κ3) is 4.48. The maximum absolute atomic E-state index is 13.3. The third-order valence-corrected chi connectivity index (χ3v) is 5.76. The first kappa shape index (κ1) is 22.3. The highest BCUT2D eigenvalue weighted by Gasteiger charge is 2.30. The third-order valence-electron chi connectivity index (χ3n) is 5.16. The molecule has 3 aromatic rings. The Bertz CT molecular complexity index is 1200. The summed E-state index contributed by atoms with van der Waals surface area (Å²) in [5.74, 6) is -0.495. The number of fused-ring (bicyclic) bond motifs is 1. The van der Waals surface area contributed by atoms with Gasteiger partial charge in [0.1, 0.15) is 0 Å². The molecule has 1 aromatic carbocycles. The topological polar surface area (TPSA) is 113 Å². The van der Waals surface area contributed by atoms with Crippen molar-refractivity contribution >= 4 is 57.5 Å². The van der Waals surface area contributed by atoms with Gasteiger partial charge in [-0.05, 0) is 31.0 Å². The van der Waals surface area contributed by atoms with Gasteiger partial charge >= 0.3 is 0 Å². The number of aromatic amines is 1. The molecule has 0 atom stereocenters. The second kappa shape index (κ2) is 9.28. The number of aromatic nitrogens is 2. The van der Waals surface area contributed by atoms with Crippen LogP contribution in [-0.4, -0.2) is 47.8 Å². The lowest BCUT2D eigenvalue weighted by molar-refractivity contribution is -0.117. The summed E-state index contributed by atoms with van der Waals surface area (Å²) >= 11 is 12.7. The van der Waals surface area contributed by atoms with Gasteiger partial charge in [-0.25, -0.2) is 4.98 Å². The van der Waals surface area contributed by atoms with Crippen molar-refractivity contribution in [2.24, 2.45) is 5.92 Å². The molecule has 1 aliphatic rings. The molecule has 1 aliphatic carbocycles. The number of pyridine rings is 1. The maximum atomic E-state index is 13.3. The zero-order valence-corrected chi connectivity index (χ0v) is 18.6. The number of nitrogens with zero attached hydrogens (tertiary/aromatic N) is 1. The summed E-state index contributed by atoms with van der Waals surface area (Å²) in [5, 5.41) is 6.17. The van der Waals surface area contributed by atoms with Crippen LogP contribution in [0.15, 0.2) is 30.6 Å². The Morgan fingerprint density at radius 2 is 1.94 bits per heavy atom. The largest absolute Gasteiger partial charge is 0.383 e. The molecule has 166 valence electrons. The number of methoxy groups -OCH3 is 1. The Hall–Kier alpha value is -2.94. The molecule has 0 aliphatic heterocycles. The molecule has 2 amide bonds. The summed E-state index contributed by atoms with van der Waals surface area (Å²) in [6.45, 7) is 0.691. The maximum Gasteiger partial charge on any atom is 0.251 e. The van der Waals surface area contributed by atoms with Crippen molar-refractivity contribution in [3.05, 3.63) is 57.3 Å². The second-order valence-electron chi connectivity index (χ2n) is 7.44. The van der Waals surface area contributed by atoms with Crippen LogP contribution in [0.2, 0.25) is 10.0 Å². The lowest BCUT2D eigenvalue weighted by Gasteiger charge is -2.10. The number of ketones is 1. The van der Waals surface area contributed by atoms with Gasteiger partial charge in [0.2, 0.25) is 5.91 Å². The molecule has 32 heavy (non-hydrogen) atoms. The molecule has 2 aromatic heterocycles. The lowest BCUT2D eigenvalue weighted by Crippen LogP contribution is -2.27. The van der Waals surface area contributed by atoms with Crippen LogP contribution in [0.3, 0.4) is 0 Å². The highest BCUT2D eigenvalue weighted by Crippen LogP contribution is 2.34. The van der Waals surface area contributed by atoms with Crippen molar-refractivity contribution in [1.82, 2.24) is 15.3 Å². The van der Waals surface area contributed by atoms with E-state index in [1.807, 2.05) is 0 Å². The summed E-state index contributed by atoms with van der Waals surface area (Å²) in [4.78, 5) is 44.9. The summed E-state index contributed by atoms with van der Waals surface area (Å²) in [6.07, 6.45) is 4.78. The van der Waals surface area contributed by atoms with Crippen molar-refractivity contribution in [1.29, 1.82) is 0 Å². The smallest absolute Gasteiger partial charge is 0.251 e. The SMILES string of the molecule is COCCNC(=O)c1cc(Cl)c(C(=O)c2c[nH]c3c(NC(=O)C4CC4)nccc23)c(Cl)c1. The summed E-state index contributed by atoms with van der Waals surface area (Å²) in [7, 11) is 1.53. The molecule has 10 heteroatoms. The van der Waals surface area contributed by atoms with Crippen molar-refractivity contribution < 1.29 is 19.1 Å². The Labute approximate surface area is 193 Å². The van der Waals surface area contributed by atoms with E-state index in [0.29, 0.717) is 35.4 Å². The van der Waals surface area contributed by atoms with E-state index in [9.17, 15) is 14.4 Å². The fourth-order valence-electron chi connectivity index (χ4n) is 3.33. The molecule has 0 spiro atoms. The molecule has 3 N–H and O–H groups in total. The van der Waals surface area contributed by atoms with E-state index >= 15 is 0 Å². The molecule has 1 fully saturated rings. The quantitative estimate of drug-likeness (QED) is 0.339. The number of ether oxygens (including phenoxy) is 1. The van der Waals surface area contributed by atoms with Crippen LogP contribution in [0.4, 0.5) is 5.82 Å². The Morgan fingerprint density at radius 3 is 2.59 bits per heavy atom. The number of amides is 2. The number of halogens is 2. The molecular weight excluding hydrogens is 455 g/mol. The summed E-state index contributed by atoms with van der Waals surface area (Å²) in [5.41, 5.74) is 1.18. The minimum absolute atomic E-state index is 0.0194. The molecule has 4 rings (SSSR count). The molecular formula is C22H20Cl2N4O4. The number of rotatable bonds is 8. The Kier molecular flexibility index (Phi) is 6.45. The zero-order chi connectivity index (χ0) is 22.8. The number of carbonyl (C=O) groups is 3. The molecule has 0 saturated heterocycles. The van der Waals surface area contributed by atoms with Crippen LogP contribution in [0.25, 0.3) is 10.9 Å². The summed E-state index contributed by atoms with van der Waals surface area (Å²) < 4.78 is 4.90. The van der Waals surface area contributed by atoms with Crippen LogP contribution in [-0.2, 0) is 9.53 Å². The van der Waals surface area contributed by atoms with E-state index < -0.39 is 5.78 Å².